The molecule has 1 saturated heterocycles. The smallest absolute Gasteiger partial charge is 0.224 e. The van der Waals surface area contributed by atoms with Crippen molar-refractivity contribution in [3.63, 3.8) is 0 Å². The Hall–Kier alpha value is -2.25. The number of hydrogen-bond acceptors (Lipinski definition) is 3. The van der Waals surface area contributed by atoms with E-state index in [1.54, 1.807) is 4.90 Å². The fourth-order valence-corrected chi connectivity index (χ4v) is 4.70. The van der Waals surface area contributed by atoms with E-state index in [1.807, 2.05) is 12.1 Å². The third-order valence-electron chi connectivity index (χ3n) is 5.28. The number of carbonyl (C=O) groups is 1. The first kappa shape index (κ1) is 20.5. The van der Waals surface area contributed by atoms with Gasteiger partial charge in [-0.3, -0.25) is 4.79 Å². The fraction of sp³-hybridized carbons (Fsp3) is 0.381. The van der Waals surface area contributed by atoms with Gasteiger partial charge in [0, 0.05) is 12.0 Å². The van der Waals surface area contributed by atoms with E-state index in [0.29, 0.717) is 13.1 Å². The Kier molecular flexibility index (Phi) is 6.46. The summed E-state index contributed by atoms with van der Waals surface area (Å²) in [5, 5.41) is 0. The third kappa shape index (κ3) is 5.17. The first-order valence-electron chi connectivity index (χ1n) is 9.49. The van der Waals surface area contributed by atoms with Gasteiger partial charge in [-0.2, -0.15) is 0 Å². The topological polar surface area (TPSA) is 58.9 Å². The Balaban J connectivity index is 1.48. The highest BCUT2D eigenvalue weighted by Crippen LogP contribution is 2.13. The maximum atomic E-state index is 13.0. The molecular weight excluding hydrogens is 379 g/mol. The molecule has 1 fully saturated rings. The van der Waals surface area contributed by atoms with Crippen LogP contribution in [0.25, 0.3) is 0 Å². The molecule has 0 radical (unpaired) electrons. The van der Waals surface area contributed by atoms with Gasteiger partial charge in [-0.25, -0.2) is 12.8 Å². The van der Waals surface area contributed by atoms with Crippen molar-refractivity contribution >= 4 is 15.7 Å². The molecule has 2 aromatic carbocycles. The molecular formula is C21H26FN2O3S+. The van der Waals surface area contributed by atoms with E-state index in [-0.39, 0.29) is 23.0 Å². The molecule has 0 spiro atoms. The molecule has 150 valence electrons. The number of piperazine rings is 1. The highest BCUT2D eigenvalue weighted by atomic mass is 32.2. The Morgan fingerprint density at radius 1 is 1.07 bits per heavy atom. The molecule has 1 amide bonds. The lowest BCUT2D eigenvalue weighted by molar-refractivity contribution is -0.917. The number of sulfone groups is 1. The van der Waals surface area contributed by atoms with Gasteiger partial charge in [-0.15, -0.1) is 0 Å². The maximum absolute atomic E-state index is 13.0. The number of nitrogens with zero attached hydrogens (tertiary/aromatic N) is 1. The molecule has 0 bridgehead atoms. The lowest BCUT2D eigenvalue weighted by Gasteiger charge is -2.32. The second kappa shape index (κ2) is 8.84. The second-order valence-corrected chi connectivity index (χ2v) is 9.37. The molecule has 1 heterocycles. The number of halogens is 1. The summed E-state index contributed by atoms with van der Waals surface area (Å²) < 4.78 is 37.6. The van der Waals surface area contributed by atoms with Crippen molar-refractivity contribution in [1.82, 2.24) is 4.90 Å². The Labute approximate surface area is 165 Å². The average molecular weight is 406 g/mol. The van der Waals surface area contributed by atoms with Gasteiger partial charge < -0.3 is 9.80 Å². The zero-order chi connectivity index (χ0) is 20.1. The van der Waals surface area contributed by atoms with Gasteiger partial charge in [-0.05, 0) is 36.8 Å². The molecule has 5 nitrogen and oxygen atoms in total. The second-order valence-electron chi connectivity index (χ2n) is 7.26. The van der Waals surface area contributed by atoms with Crippen LogP contribution >= 0.6 is 0 Å². The maximum Gasteiger partial charge on any atom is 0.224 e. The number of hydrogen-bond donors (Lipinski definition) is 1. The fourth-order valence-electron chi connectivity index (χ4n) is 3.47. The summed E-state index contributed by atoms with van der Waals surface area (Å²) in [6, 6.07) is 13.0. The van der Waals surface area contributed by atoms with Crippen molar-refractivity contribution in [3.05, 3.63) is 65.5 Å². The zero-order valence-corrected chi connectivity index (χ0v) is 16.8. The summed E-state index contributed by atoms with van der Waals surface area (Å²) in [4.78, 5) is 15.7. The number of aryl methyl sites for hydroxylation is 1. The number of rotatable bonds is 6. The van der Waals surface area contributed by atoms with Gasteiger partial charge in [0.15, 0.2) is 9.84 Å². The predicted octanol–water partition coefficient (Wildman–Crippen LogP) is 1.23. The quantitative estimate of drug-likeness (QED) is 0.736. The largest absolute Gasteiger partial charge is 0.331 e. The summed E-state index contributed by atoms with van der Waals surface area (Å²) >= 11 is 0. The predicted molar refractivity (Wildman–Crippen MR) is 105 cm³/mol. The van der Waals surface area contributed by atoms with Crippen LogP contribution in [0.15, 0.2) is 53.4 Å². The highest BCUT2D eigenvalue weighted by molar-refractivity contribution is 7.91. The van der Waals surface area contributed by atoms with Crippen LogP contribution in [0.3, 0.4) is 0 Å². The third-order valence-corrected chi connectivity index (χ3v) is 7.01. The van der Waals surface area contributed by atoms with Crippen LogP contribution in [0.1, 0.15) is 17.5 Å². The van der Waals surface area contributed by atoms with Gasteiger partial charge in [0.25, 0.3) is 0 Å². The molecule has 0 aliphatic carbocycles. The molecule has 0 saturated carbocycles. The number of benzene rings is 2. The molecule has 1 N–H and O–H groups in total. The van der Waals surface area contributed by atoms with Crippen LogP contribution in [0.2, 0.25) is 0 Å². The Bertz CT molecular complexity index is 921. The van der Waals surface area contributed by atoms with Crippen molar-refractivity contribution in [2.45, 2.75) is 24.8 Å². The van der Waals surface area contributed by atoms with E-state index in [1.165, 1.54) is 28.2 Å². The monoisotopic (exact) mass is 405 g/mol. The first-order chi connectivity index (χ1) is 13.3. The minimum absolute atomic E-state index is 0.0488. The van der Waals surface area contributed by atoms with Crippen LogP contribution < -0.4 is 4.90 Å². The number of quaternary nitrogens is 1. The van der Waals surface area contributed by atoms with Crippen LogP contribution in [0.5, 0.6) is 0 Å². The van der Waals surface area contributed by atoms with Crippen LogP contribution in [0, 0.1) is 12.7 Å². The molecule has 7 heteroatoms. The number of carbonyl (C=O) groups excluding carboxylic acids is 1. The molecule has 3 rings (SSSR count). The summed E-state index contributed by atoms with van der Waals surface area (Å²) in [5.74, 6) is -0.880. The van der Waals surface area contributed by atoms with E-state index < -0.39 is 15.7 Å². The van der Waals surface area contributed by atoms with Crippen molar-refractivity contribution in [2.75, 3.05) is 31.9 Å². The van der Waals surface area contributed by atoms with Crippen LogP contribution in [-0.4, -0.2) is 51.2 Å². The number of nitrogens with one attached hydrogen (secondary N) is 1. The van der Waals surface area contributed by atoms with Gasteiger partial charge >= 0.3 is 0 Å². The van der Waals surface area contributed by atoms with E-state index in [2.05, 4.69) is 19.1 Å². The molecule has 1 aliphatic heterocycles. The van der Waals surface area contributed by atoms with E-state index in [4.69, 9.17) is 0 Å². The lowest BCUT2D eigenvalue weighted by atomic mass is 10.1. The lowest BCUT2D eigenvalue weighted by Crippen LogP contribution is -3.13. The average Bonchev–Trinajstić information content (AvgIpc) is 2.69. The SMILES string of the molecule is Cc1ccccc1C[NH+]1CCN(C(=O)CCS(=O)(=O)c2ccc(F)cc2)CC1. The minimum Gasteiger partial charge on any atom is -0.331 e. The van der Waals surface area contributed by atoms with E-state index >= 15 is 0 Å². The molecule has 1 aliphatic rings. The van der Waals surface area contributed by atoms with E-state index in [0.717, 1.165) is 31.8 Å². The van der Waals surface area contributed by atoms with Gasteiger partial charge in [0.2, 0.25) is 5.91 Å². The standard InChI is InChI=1S/C21H25FN2O3S/c1-17-4-2-3-5-18(17)16-23-11-13-24(14-12-23)21(25)10-15-28(26,27)20-8-6-19(22)7-9-20/h2-9H,10-16H2,1H3/p+1. The molecule has 28 heavy (non-hydrogen) atoms. The summed E-state index contributed by atoms with van der Waals surface area (Å²) in [6.45, 7) is 6.02. The van der Waals surface area contributed by atoms with E-state index in [9.17, 15) is 17.6 Å². The summed E-state index contributed by atoms with van der Waals surface area (Å²) in [6.07, 6.45) is -0.0488. The van der Waals surface area contributed by atoms with Crippen molar-refractivity contribution < 1.29 is 22.5 Å². The molecule has 0 aromatic heterocycles. The van der Waals surface area contributed by atoms with Gasteiger partial charge in [-0.1, -0.05) is 24.3 Å². The molecule has 2 aromatic rings. The van der Waals surface area contributed by atoms with Crippen molar-refractivity contribution in [1.29, 1.82) is 0 Å². The van der Waals surface area contributed by atoms with Gasteiger partial charge in [0.1, 0.15) is 12.4 Å². The van der Waals surface area contributed by atoms with Crippen molar-refractivity contribution in [3.8, 4) is 0 Å². The summed E-state index contributed by atoms with van der Waals surface area (Å²) in [5.41, 5.74) is 2.60. The first-order valence-corrected chi connectivity index (χ1v) is 11.1. The molecule has 0 unspecified atom stereocenters. The van der Waals surface area contributed by atoms with Crippen molar-refractivity contribution in [2.24, 2.45) is 0 Å². The number of amides is 1. The minimum atomic E-state index is -3.59. The zero-order valence-electron chi connectivity index (χ0n) is 16.0. The molecule has 0 atom stereocenters. The van der Waals surface area contributed by atoms with Gasteiger partial charge in [0.05, 0.1) is 36.8 Å². The Morgan fingerprint density at radius 2 is 1.71 bits per heavy atom. The Morgan fingerprint density at radius 3 is 2.36 bits per heavy atom. The highest BCUT2D eigenvalue weighted by Gasteiger charge is 2.25. The van der Waals surface area contributed by atoms with Crippen LogP contribution in [0.4, 0.5) is 4.39 Å². The normalized spacial score (nSPS) is 15.6. The summed E-state index contributed by atoms with van der Waals surface area (Å²) in [7, 11) is -3.59. The van der Waals surface area contributed by atoms with Crippen LogP contribution in [-0.2, 0) is 21.2 Å².